The number of hydrogen-bond donors (Lipinski definition) is 0. The molecule has 0 N–H and O–H groups in total. The summed E-state index contributed by atoms with van der Waals surface area (Å²) in [6.07, 6.45) is 0. The van der Waals surface area contributed by atoms with E-state index in [1.165, 1.54) is 22.0 Å². The predicted octanol–water partition coefficient (Wildman–Crippen LogP) is 4.58. The number of anilines is 2. The van der Waals surface area contributed by atoms with Crippen LogP contribution in [0.25, 0.3) is 0 Å². The Balaban J connectivity index is 2.56. The standard InChI is InChI=1S/C18H25NP2/c1-6-19(15-11-7-9-13-17(15)20(2)3)16-12-8-10-14-18(16)21(4)5/h7-14H,6H2,1-5H3. The van der Waals surface area contributed by atoms with Gasteiger partial charge in [0, 0.05) is 17.9 Å². The summed E-state index contributed by atoms with van der Waals surface area (Å²) < 4.78 is 0. The molecule has 21 heavy (non-hydrogen) atoms. The van der Waals surface area contributed by atoms with Crippen LogP contribution in [0.4, 0.5) is 11.4 Å². The van der Waals surface area contributed by atoms with Gasteiger partial charge in [0.1, 0.15) is 0 Å². The van der Waals surface area contributed by atoms with E-state index in [9.17, 15) is 0 Å². The topological polar surface area (TPSA) is 3.24 Å². The average molecular weight is 317 g/mol. The van der Waals surface area contributed by atoms with Gasteiger partial charge < -0.3 is 4.90 Å². The summed E-state index contributed by atoms with van der Waals surface area (Å²) in [6.45, 7) is 12.6. The van der Waals surface area contributed by atoms with Gasteiger partial charge in [-0.25, -0.2) is 0 Å². The number of benzene rings is 2. The van der Waals surface area contributed by atoms with E-state index in [0.29, 0.717) is 0 Å². The fraction of sp³-hybridized carbons (Fsp3) is 0.333. The third-order valence-corrected chi connectivity index (χ3v) is 6.31. The second-order valence-corrected chi connectivity index (χ2v) is 10.1. The van der Waals surface area contributed by atoms with Crippen molar-refractivity contribution in [1.29, 1.82) is 0 Å². The Morgan fingerprint density at radius 1 is 0.714 bits per heavy atom. The van der Waals surface area contributed by atoms with Gasteiger partial charge in [0.15, 0.2) is 0 Å². The summed E-state index contributed by atoms with van der Waals surface area (Å²) in [6, 6.07) is 17.7. The number of para-hydroxylation sites is 2. The summed E-state index contributed by atoms with van der Waals surface area (Å²) in [5.74, 6) is 0. The molecule has 0 aliphatic heterocycles. The molecule has 112 valence electrons. The third kappa shape index (κ3) is 3.65. The van der Waals surface area contributed by atoms with E-state index < -0.39 is 0 Å². The van der Waals surface area contributed by atoms with Gasteiger partial charge in [0.25, 0.3) is 0 Å². The first kappa shape index (κ1) is 16.5. The van der Waals surface area contributed by atoms with Crippen molar-refractivity contribution in [2.45, 2.75) is 6.92 Å². The number of hydrogen-bond acceptors (Lipinski definition) is 1. The van der Waals surface area contributed by atoms with Crippen LogP contribution in [0.15, 0.2) is 48.5 Å². The SMILES string of the molecule is CCN(c1ccccc1P(C)C)c1ccccc1P(C)C. The molecule has 2 aromatic carbocycles. The Bertz CT molecular complexity index is 542. The minimum atomic E-state index is -0.106. The van der Waals surface area contributed by atoms with E-state index in [0.717, 1.165) is 6.54 Å². The van der Waals surface area contributed by atoms with Crippen LogP contribution >= 0.6 is 15.8 Å². The molecule has 1 nitrogen and oxygen atoms in total. The highest BCUT2D eigenvalue weighted by molar-refractivity contribution is 7.64. The van der Waals surface area contributed by atoms with Gasteiger partial charge in [-0.15, -0.1) is 0 Å². The highest BCUT2D eigenvalue weighted by Gasteiger charge is 2.17. The molecule has 0 fully saturated rings. The zero-order valence-electron chi connectivity index (χ0n) is 13.7. The predicted molar refractivity (Wildman–Crippen MR) is 102 cm³/mol. The molecule has 0 spiro atoms. The maximum absolute atomic E-state index is 2.48. The van der Waals surface area contributed by atoms with E-state index in [4.69, 9.17) is 0 Å². The Hall–Kier alpha value is -0.900. The lowest BCUT2D eigenvalue weighted by Gasteiger charge is -2.30. The van der Waals surface area contributed by atoms with E-state index >= 15 is 0 Å². The van der Waals surface area contributed by atoms with Crippen molar-refractivity contribution in [2.75, 3.05) is 38.1 Å². The van der Waals surface area contributed by atoms with E-state index in [2.05, 4.69) is 87.0 Å². The summed E-state index contributed by atoms with van der Waals surface area (Å²) in [7, 11) is -0.212. The molecule has 0 radical (unpaired) electrons. The number of nitrogens with zero attached hydrogens (tertiary/aromatic N) is 1. The Labute approximate surface area is 131 Å². The molecule has 0 aliphatic carbocycles. The summed E-state index contributed by atoms with van der Waals surface area (Å²) in [5.41, 5.74) is 2.75. The molecule has 3 heteroatoms. The van der Waals surface area contributed by atoms with Crippen LogP contribution in [0.3, 0.4) is 0 Å². The maximum atomic E-state index is 2.48. The molecule has 0 aliphatic rings. The van der Waals surface area contributed by atoms with Crippen molar-refractivity contribution in [3.05, 3.63) is 48.5 Å². The van der Waals surface area contributed by atoms with Gasteiger partial charge in [-0.3, -0.25) is 0 Å². The van der Waals surface area contributed by atoms with Crippen molar-refractivity contribution in [2.24, 2.45) is 0 Å². The second-order valence-electron chi connectivity index (χ2n) is 5.51. The Morgan fingerprint density at radius 2 is 1.10 bits per heavy atom. The Morgan fingerprint density at radius 3 is 1.43 bits per heavy atom. The van der Waals surface area contributed by atoms with Crippen molar-refractivity contribution < 1.29 is 0 Å². The highest BCUT2D eigenvalue weighted by Crippen LogP contribution is 2.36. The van der Waals surface area contributed by atoms with Crippen LogP contribution in [0.5, 0.6) is 0 Å². The van der Waals surface area contributed by atoms with Gasteiger partial charge in [-0.05, 0) is 56.3 Å². The van der Waals surface area contributed by atoms with Crippen molar-refractivity contribution in [1.82, 2.24) is 0 Å². The van der Waals surface area contributed by atoms with Crippen LogP contribution in [-0.4, -0.2) is 33.2 Å². The first-order valence-corrected chi connectivity index (χ1v) is 11.8. The molecule has 0 saturated carbocycles. The first-order valence-electron chi connectivity index (χ1n) is 7.36. The van der Waals surface area contributed by atoms with E-state index in [-0.39, 0.29) is 15.8 Å². The molecule has 2 rings (SSSR count). The number of rotatable bonds is 5. The fourth-order valence-electron chi connectivity index (χ4n) is 2.61. The molecule has 0 aromatic heterocycles. The normalized spacial score (nSPS) is 11.2. The van der Waals surface area contributed by atoms with E-state index in [1.807, 2.05) is 0 Å². The van der Waals surface area contributed by atoms with Gasteiger partial charge in [0.2, 0.25) is 0 Å². The highest BCUT2D eigenvalue weighted by atomic mass is 31.1. The zero-order chi connectivity index (χ0) is 15.4. The average Bonchev–Trinajstić information content (AvgIpc) is 2.48. The smallest absolute Gasteiger partial charge is 0.0488 e. The Kier molecular flexibility index (Phi) is 5.80. The molecule has 0 unspecified atom stereocenters. The largest absolute Gasteiger partial charge is 0.341 e. The second kappa shape index (κ2) is 7.39. The molecule has 0 saturated heterocycles. The zero-order valence-corrected chi connectivity index (χ0v) is 15.5. The minimum absolute atomic E-state index is 0.106. The molecular weight excluding hydrogens is 292 g/mol. The molecule has 0 bridgehead atoms. The van der Waals surface area contributed by atoms with E-state index in [1.54, 1.807) is 0 Å². The monoisotopic (exact) mass is 317 g/mol. The quantitative estimate of drug-likeness (QED) is 0.730. The molecule has 0 amide bonds. The third-order valence-electron chi connectivity index (χ3n) is 3.62. The summed E-state index contributed by atoms with van der Waals surface area (Å²) in [5, 5.41) is 2.97. The first-order chi connectivity index (χ1) is 10.1. The minimum Gasteiger partial charge on any atom is -0.341 e. The lowest BCUT2D eigenvalue weighted by Crippen LogP contribution is -2.26. The van der Waals surface area contributed by atoms with Gasteiger partial charge in [-0.1, -0.05) is 52.2 Å². The van der Waals surface area contributed by atoms with Crippen LogP contribution in [0.2, 0.25) is 0 Å². The fourth-order valence-corrected chi connectivity index (χ4v) is 4.69. The summed E-state index contributed by atoms with van der Waals surface area (Å²) >= 11 is 0. The van der Waals surface area contributed by atoms with Gasteiger partial charge >= 0.3 is 0 Å². The van der Waals surface area contributed by atoms with Crippen LogP contribution < -0.4 is 15.5 Å². The lowest BCUT2D eigenvalue weighted by molar-refractivity contribution is 1.03. The molecule has 2 aromatic rings. The van der Waals surface area contributed by atoms with Crippen molar-refractivity contribution in [3.63, 3.8) is 0 Å². The molecule has 0 atom stereocenters. The van der Waals surface area contributed by atoms with Crippen molar-refractivity contribution >= 4 is 37.8 Å². The maximum Gasteiger partial charge on any atom is 0.0488 e. The van der Waals surface area contributed by atoms with Crippen molar-refractivity contribution in [3.8, 4) is 0 Å². The van der Waals surface area contributed by atoms with Crippen LogP contribution in [0.1, 0.15) is 6.92 Å². The van der Waals surface area contributed by atoms with Gasteiger partial charge in [0.05, 0.1) is 0 Å². The lowest BCUT2D eigenvalue weighted by atomic mass is 10.2. The van der Waals surface area contributed by atoms with Gasteiger partial charge in [-0.2, -0.15) is 0 Å². The molecule has 0 heterocycles. The van der Waals surface area contributed by atoms with Crippen LogP contribution in [0, 0.1) is 0 Å². The molecular formula is C18H25NP2. The van der Waals surface area contributed by atoms with Crippen LogP contribution in [-0.2, 0) is 0 Å². The summed E-state index contributed by atoms with van der Waals surface area (Å²) in [4.78, 5) is 2.48.